The van der Waals surface area contributed by atoms with Crippen molar-refractivity contribution in [3.05, 3.63) is 53.6 Å². The fraction of sp³-hybridized carbons (Fsp3) is 0.500. The summed E-state index contributed by atoms with van der Waals surface area (Å²) in [6, 6.07) is 12.6. The van der Waals surface area contributed by atoms with E-state index in [1.54, 1.807) is 26.2 Å². The monoisotopic (exact) mass is 567 g/mol. The van der Waals surface area contributed by atoms with Crippen molar-refractivity contribution in [2.24, 2.45) is 5.10 Å². The molecule has 2 aliphatic rings. The van der Waals surface area contributed by atoms with Gasteiger partial charge in [0, 0.05) is 39.1 Å². The maximum Gasteiger partial charge on any atom is 0.317 e. The normalized spacial score (nSPS) is 17.1. The average Bonchev–Trinajstić information content (AvgIpc) is 3.47. The fourth-order valence-corrected chi connectivity index (χ4v) is 4.94. The van der Waals surface area contributed by atoms with Gasteiger partial charge in [-0.1, -0.05) is 13.0 Å². The number of amides is 3. The van der Waals surface area contributed by atoms with Gasteiger partial charge < -0.3 is 29.2 Å². The SMILES string of the molecule is CCCNC(=O)N(CCN1CCOCC1)CC(=O)N1N=C(c2ccc(OC)cc2)CC1c1ccc(OC)c(OC)c1. The zero-order valence-electron chi connectivity index (χ0n) is 24.4. The van der Waals surface area contributed by atoms with E-state index in [9.17, 15) is 9.59 Å². The number of rotatable bonds is 12. The molecule has 0 aliphatic carbocycles. The quantitative estimate of drug-likeness (QED) is 0.420. The minimum Gasteiger partial charge on any atom is -0.497 e. The van der Waals surface area contributed by atoms with Gasteiger partial charge in [-0.2, -0.15) is 5.10 Å². The van der Waals surface area contributed by atoms with Crippen molar-refractivity contribution in [3.8, 4) is 17.2 Å². The van der Waals surface area contributed by atoms with Crippen LogP contribution in [0.15, 0.2) is 47.6 Å². The van der Waals surface area contributed by atoms with Crippen LogP contribution in [0.3, 0.4) is 0 Å². The predicted octanol–water partition coefficient (Wildman–Crippen LogP) is 3.14. The van der Waals surface area contributed by atoms with Crippen LogP contribution in [0.2, 0.25) is 0 Å². The Balaban J connectivity index is 1.59. The number of nitrogens with zero attached hydrogens (tertiary/aromatic N) is 4. The van der Waals surface area contributed by atoms with Crippen LogP contribution in [0.25, 0.3) is 0 Å². The average molecular weight is 568 g/mol. The first kappa shape index (κ1) is 30.1. The summed E-state index contributed by atoms with van der Waals surface area (Å²) >= 11 is 0. The summed E-state index contributed by atoms with van der Waals surface area (Å²) in [4.78, 5) is 30.8. The minimum atomic E-state index is -0.376. The Hall–Kier alpha value is -3.83. The van der Waals surface area contributed by atoms with Crippen LogP contribution in [0.1, 0.15) is 36.9 Å². The molecular weight excluding hydrogens is 526 g/mol. The van der Waals surface area contributed by atoms with E-state index in [4.69, 9.17) is 24.0 Å². The van der Waals surface area contributed by atoms with Gasteiger partial charge in [-0.25, -0.2) is 9.80 Å². The highest BCUT2D eigenvalue weighted by molar-refractivity contribution is 6.03. The Kier molecular flexibility index (Phi) is 10.8. The van der Waals surface area contributed by atoms with Gasteiger partial charge in [0.1, 0.15) is 12.3 Å². The molecule has 2 heterocycles. The van der Waals surface area contributed by atoms with Gasteiger partial charge in [-0.3, -0.25) is 9.69 Å². The number of morpholine rings is 1. The third kappa shape index (κ3) is 7.68. The summed E-state index contributed by atoms with van der Waals surface area (Å²) in [7, 11) is 4.79. The lowest BCUT2D eigenvalue weighted by molar-refractivity contribution is -0.133. The summed E-state index contributed by atoms with van der Waals surface area (Å²) in [5.74, 6) is 1.65. The van der Waals surface area contributed by atoms with Crippen LogP contribution in [0.5, 0.6) is 17.2 Å². The van der Waals surface area contributed by atoms with Crippen LogP contribution < -0.4 is 19.5 Å². The molecule has 0 radical (unpaired) electrons. The molecule has 11 nitrogen and oxygen atoms in total. The lowest BCUT2D eigenvalue weighted by Crippen LogP contribution is -2.49. The van der Waals surface area contributed by atoms with Crippen molar-refractivity contribution in [2.75, 3.05) is 73.8 Å². The molecule has 2 aromatic rings. The smallest absolute Gasteiger partial charge is 0.317 e. The number of carbonyl (C=O) groups excluding carboxylic acids is 2. The molecule has 1 atom stereocenters. The Morgan fingerprint density at radius 1 is 1.02 bits per heavy atom. The summed E-state index contributed by atoms with van der Waals surface area (Å²) in [6.07, 6.45) is 1.31. The molecule has 0 spiro atoms. The van der Waals surface area contributed by atoms with Gasteiger partial charge in [0.05, 0.1) is 46.3 Å². The molecule has 41 heavy (non-hydrogen) atoms. The highest BCUT2D eigenvalue weighted by atomic mass is 16.5. The van der Waals surface area contributed by atoms with Crippen molar-refractivity contribution in [2.45, 2.75) is 25.8 Å². The second kappa shape index (κ2) is 14.7. The number of hydrogen-bond acceptors (Lipinski definition) is 8. The molecule has 2 aromatic carbocycles. The van der Waals surface area contributed by atoms with Crippen LogP contribution in [0, 0.1) is 0 Å². The summed E-state index contributed by atoms with van der Waals surface area (Å²) in [5.41, 5.74) is 2.53. The van der Waals surface area contributed by atoms with Crippen molar-refractivity contribution < 1.29 is 28.5 Å². The minimum absolute atomic E-state index is 0.0942. The fourth-order valence-electron chi connectivity index (χ4n) is 4.94. The number of nitrogens with one attached hydrogen (secondary N) is 1. The summed E-state index contributed by atoms with van der Waals surface area (Å²) in [5, 5.41) is 9.23. The second-order valence-electron chi connectivity index (χ2n) is 9.96. The maximum atomic E-state index is 13.9. The second-order valence-corrected chi connectivity index (χ2v) is 9.96. The van der Waals surface area contributed by atoms with Gasteiger partial charge in [0.15, 0.2) is 11.5 Å². The van der Waals surface area contributed by atoms with Crippen LogP contribution in [0.4, 0.5) is 4.79 Å². The van der Waals surface area contributed by atoms with Crippen molar-refractivity contribution in [3.63, 3.8) is 0 Å². The van der Waals surface area contributed by atoms with E-state index in [2.05, 4.69) is 10.2 Å². The lowest BCUT2D eigenvalue weighted by Gasteiger charge is -2.31. The van der Waals surface area contributed by atoms with Crippen molar-refractivity contribution >= 4 is 17.6 Å². The first-order valence-corrected chi connectivity index (χ1v) is 14.1. The molecular formula is C30H41N5O6. The highest BCUT2D eigenvalue weighted by Crippen LogP contribution is 2.37. The number of hydrogen-bond donors (Lipinski definition) is 1. The van der Waals surface area contributed by atoms with Gasteiger partial charge in [-0.15, -0.1) is 0 Å². The van der Waals surface area contributed by atoms with E-state index >= 15 is 0 Å². The molecule has 0 saturated carbocycles. The Bertz CT molecular complexity index is 1200. The number of ether oxygens (including phenoxy) is 4. The number of methoxy groups -OCH3 is 3. The zero-order chi connectivity index (χ0) is 29.2. The molecule has 0 aromatic heterocycles. The van der Waals surface area contributed by atoms with Crippen LogP contribution in [-0.2, 0) is 9.53 Å². The topological polar surface area (TPSA) is 105 Å². The van der Waals surface area contributed by atoms with Gasteiger partial charge in [-0.05, 0) is 53.9 Å². The number of carbonyl (C=O) groups is 2. The van der Waals surface area contributed by atoms with Gasteiger partial charge in [0.2, 0.25) is 0 Å². The summed E-state index contributed by atoms with van der Waals surface area (Å²) in [6.45, 7) is 6.48. The highest BCUT2D eigenvalue weighted by Gasteiger charge is 2.35. The molecule has 0 bridgehead atoms. The van der Waals surface area contributed by atoms with E-state index in [-0.39, 0.29) is 24.5 Å². The number of hydrazone groups is 1. The largest absolute Gasteiger partial charge is 0.497 e. The molecule has 1 unspecified atom stereocenters. The van der Waals surface area contributed by atoms with Crippen LogP contribution in [-0.4, -0.2) is 106 Å². The molecule has 222 valence electrons. The molecule has 1 N–H and O–H groups in total. The van der Waals surface area contributed by atoms with Crippen molar-refractivity contribution in [1.82, 2.24) is 20.1 Å². The van der Waals surface area contributed by atoms with E-state index in [0.29, 0.717) is 50.8 Å². The molecule has 1 fully saturated rings. The van der Waals surface area contributed by atoms with E-state index in [0.717, 1.165) is 42.1 Å². The summed E-state index contributed by atoms with van der Waals surface area (Å²) < 4.78 is 21.7. The number of benzene rings is 2. The van der Waals surface area contributed by atoms with Crippen molar-refractivity contribution in [1.29, 1.82) is 0 Å². The Morgan fingerprint density at radius 2 is 1.76 bits per heavy atom. The molecule has 11 heteroatoms. The molecule has 3 amide bonds. The van der Waals surface area contributed by atoms with E-state index < -0.39 is 0 Å². The van der Waals surface area contributed by atoms with Gasteiger partial charge >= 0.3 is 6.03 Å². The Morgan fingerprint density at radius 3 is 2.41 bits per heavy atom. The lowest BCUT2D eigenvalue weighted by atomic mass is 9.98. The standard InChI is InChI=1S/C30H41N5O6/c1-5-12-31-30(37)34(14-13-33-15-17-41-18-16-33)21-29(36)35-26(23-8-11-27(39-3)28(19-23)40-4)20-25(32-35)22-6-9-24(38-2)10-7-22/h6-11,19,26H,5,12-18,20-21H2,1-4H3,(H,31,37). The van der Waals surface area contributed by atoms with Crippen LogP contribution >= 0.6 is 0 Å². The van der Waals surface area contributed by atoms with E-state index in [1.165, 1.54) is 5.01 Å². The van der Waals surface area contributed by atoms with Gasteiger partial charge in [0.25, 0.3) is 5.91 Å². The molecule has 4 rings (SSSR count). The zero-order valence-corrected chi connectivity index (χ0v) is 24.4. The third-order valence-electron chi connectivity index (χ3n) is 7.31. The maximum absolute atomic E-state index is 13.9. The third-order valence-corrected chi connectivity index (χ3v) is 7.31. The van der Waals surface area contributed by atoms with E-state index in [1.807, 2.05) is 49.4 Å². The molecule has 2 aliphatic heterocycles. The number of urea groups is 1. The first-order chi connectivity index (χ1) is 20.0. The molecule has 1 saturated heterocycles. The first-order valence-electron chi connectivity index (χ1n) is 14.1. The predicted molar refractivity (Wildman–Crippen MR) is 156 cm³/mol. The Labute approximate surface area is 242 Å².